The predicted octanol–water partition coefficient (Wildman–Crippen LogP) is 1.85. The van der Waals surface area contributed by atoms with E-state index in [2.05, 4.69) is 4.90 Å². The summed E-state index contributed by atoms with van der Waals surface area (Å²) >= 11 is 6.86. The Labute approximate surface area is 145 Å². The second-order valence-electron chi connectivity index (χ2n) is 5.96. The van der Waals surface area contributed by atoms with Crippen LogP contribution in [0, 0.1) is 5.92 Å². The molecule has 1 aromatic rings. The molecule has 0 saturated carbocycles. The lowest BCUT2D eigenvalue weighted by atomic mass is 9.83. The molecule has 0 aromatic carbocycles. The minimum absolute atomic E-state index is 0.0879. The van der Waals surface area contributed by atoms with Crippen molar-refractivity contribution in [3.63, 3.8) is 0 Å². The van der Waals surface area contributed by atoms with Crippen LogP contribution < -0.4 is 5.56 Å². The van der Waals surface area contributed by atoms with Crippen LogP contribution in [-0.4, -0.2) is 45.2 Å². The Kier molecular flexibility index (Phi) is 5.06. The Morgan fingerprint density at radius 2 is 2.22 bits per heavy atom. The lowest BCUT2D eigenvalue weighted by Gasteiger charge is -2.43. The Morgan fingerprint density at radius 3 is 3.00 bits per heavy atom. The van der Waals surface area contributed by atoms with Gasteiger partial charge in [0.25, 0.3) is 5.56 Å². The zero-order valence-electron chi connectivity index (χ0n) is 13.1. The summed E-state index contributed by atoms with van der Waals surface area (Å²) in [6.45, 7) is 4.62. The number of carbonyl (C=O) groups excluding carboxylic acids is 1. The molecule has 0 unspecified atom stereocenters. The van der Waals surface area contributed by atoms with Gasteiger partial charge >= 0.3 is 5.97 Å². The van der Waals surface area contributed by atoms with E-state index < -0.39 is 0 Å². The van der Waals surface area contributed by atoms with Gasteiger partial charge < -0.3 is 14.2 Å². The molecule has 0 amide bonds. The first-order chi connectivity index (χ1) is 11.1. The maximum Gasteiger partial charge on any atom is 0.316 e. The molecule has 3 rings (SSSR count). The fourth-order valence-corrected chi connectivity index (χ4v) is 4.44. The van der Waals surface area contributed by atoms with Crippen molar-refractivity contribution in [3.05, 3.63) is 34.2 Å². The Bertz CT molecular complexity index is 674. The summed E-state index contributed by atoms with van der Waals surface area (Å²) in [4.78, 5) is 25.7. The third kappa shape index (κ3) is 3.61. The second kappa shape index (κ2) is 7.05. The van der Waals surface area contributed by atoms with Crippen molar-refractivity contribution in [2.75, 3.05) is 25.4 Å². The number of hydrogen-bond acceptors (Lipinski definition) is 5. The summed E-state index contributed by atoms with van der Waals surface area (Å²) in [5, 5.41) is 0. The topological polar surface area (TPSA) is 51.5 Å². The van der Waals surface area contributed by atoms with Crippen molar-refractivity contribution < 1.29 is 9.53 Å². The molecule has 2 aliphatic heterocycles. The van der Waals surface area contributed by atoms with Gasteiger partial charge in [0.1, 0.15) is 4.32 Å². The average Bonchev–Trinajstić information content (AvgIpc) is 2.54. The minimum Gasteiger partial charge on any atom is -0.465 e. The van der Waals surface area contributed by atoms with Crippen LogP contribution in [-0.2, 0) is 16.1 Å². The van der Waals surface area contributed by atoms with E-state index in [9.17, 15) is 9.59 Å². The Balaban J connectivity index is 1.66. The van der Waals surface area contributed by atoms with Gasteiger partial charge in [-0.15, -0.1) is 0 Å². The van der Waals surface area contributed by atoms with Crippen LogP contribution in [0.2, 0.25) is 0 Å². The summed E-state index contributed by atoms with van der Waals surface area (Å²) in [6, 6.07) is 5.50. The highest BCUT2D eigenvalue weighted by Crippen LogP contribution is 2.35. The minimum atomic E-state index is -0.228. The van der Waals surface area contributed by atoms with Gasteiger partial charge in [0, 0.05) is 37.3 Å². The SMILES string of the molecule is CCOC(=O)CSC(=S)N1C[C@@H]2C[C@H](C1)c1cccc(=O)n1C2. The molecule has 1 fully saturated rings. The van der Waals surface area contributed by atoms with Gasteiger partial charge in [-0.2, -0.15) is 0 Å². The monoisotopic (exact) mass is 352 g/mol. The highest BCUT2D eigenvalue weighted by molar-refractivity contribution is 8.23. The predicted molar refractivity (Wildman–Crippen MR) is 94.8 cm³/mol. The summed E-state index contributed by atoms with van der Waals surface area (Å²) in [5.74, 6) is 0.795. The van der Waals surface area contributed by atoms with E-state index in [0.717, 1.165) is 36.1 Å². The number of ether oxygens (including phenoxy) is 1. The molecule has 0 spiro atoms. The first kappa shape index (κ1) is 16.5. The molecular formula is C16H20N2O3S2. The normalized spacial score (nSPS) is 22.4. The maximum absolute atomic E-state index is 12.0. The van der Waals surface area contributed by atoms with Crippen molar-refractivity contribution in [2.45, 2.75) is 25.8 Å². The van der Waals surface area contributed by atoms with E-state index in [1.54, 1.807) is 13.0 Å². The van der Waals surface area contributed by atoms with Crippen molar-refractivity contribution in [2.24, 2.45) is 5.92 Å². The molecule has 1 saturated heterocycles. The van der Waals surface area contributed by atoms with Gasteiger partial charge in [0.05, 0.1) is 12.4 Å². The van der Waals surface area contributed by atoms with E-state index in [-0.39, 0.29) is 17.3 Å². The fourth-order valence-electron chi connectivity index (χ4n) is 3.46. The molecule has 0 radical (unpaired) electrons. The third-order valence-corrected chi connectivity index (χ3v) is 5.85. The van der Waals surface area contributed by atoms with Gasteiger partial charge in [-0.25, -0.2) is 0 Å². The number of aromatic nitrogens is 1. The smallest absolute Gasteiger partial charge is 0.316 e. The number of thioether (sulfide) groups is 1. The lowest BCUT2D eigenvalue weighted by Crippen LogP contribution is -2.48. The summed E-state index contributed by atoms with van der Waals surface area (Å²) in [7, 11) is 0. The summed E-state index contributed by atoms with van der Waals surface area (Å²) < 4.78 is 7.60. The largest absolute Gasteiger partial charge is 0.465 e. The van der Waals surface area contributed by atoms with Crippen LogP contribution in [0.25, 0.3) is 0 Å². The standard InChI is InChI=1S/C16H20N2O3S2/c1-2-21-15(20)10-23-16(22)17-7-11-6-12(9-17)13-4-3-5-14(19)18(13)8-11/h3-5,11-12H,2,6-10H2,1H3/t11-,12+/m0/s1. The van der Waals surface area contributed by atoms with Gasteiger partial charge in [-0.3, -0.25) is 9.59 Å². The van der Waals surface area contributed by atoms with Crippen molar-refractivity contribution >= 4 is 34.3 Å². The molecule has 2 bridgehead atoms. The molecule has 0 N–H and O–H groups in total. The number of thiocarbonyl (C=S) groups is 1. The van der Waals surface area contributed by atoms with E-state index in [1.165, 1.54) is 11.8 Å². The average molecular weight is 352 g/mol. The van der Waals surface area contributed by atoms with E-state index >= 15 is 0 Å². The van der Waals surface area contributed by atoms with E-state index in [0.29, 0.717) is 18.4 Å². The molecular weight excluding hydrogens is 332 g/mol. The molecule has 23 heavy (non-hydrogen) atoms. The summed E-state index contributed by atoms with van der Waals surface area (Å²) in [5.41, 5.74) is 1.20. The second-order valence-corrected chi connectivity index (χ2v) is 7.57. The van der Waals surface area contributed by atoms with Gasteiger partial charge in [0.2, 0.25) is 0 Å². The number of esters is 1. The highest BCUT2D eigenvalue weighted by atomic mass is 32.2. The van der Waals surface area contributed by atoms with Crippen LogP contribution >= 0.6 is 24.0 Å². The van der Waals surface area contributed by atoms with Crippen LogP contribution in [0.15, 0.2) is 23.0 Å². The lowest BCUT2D eigenvalue weighted by molar-refractivity contribution is -0.139. The zero-order valence-corrected chi connectivity index (χ0v) is 14.7. The zero-order chi connectivity index (χ0) is 16.4. The Hall–Kier alpha value is -1.34. The molecule has 2 aliphatic rings. The number of fused-ring (bicyclic) bond motifs is 4. The molecule has 0 aliphatic carbocycles. The molecule has 1 aromatic heterocycles. The number of hydrogen-bond donors (Lipinski definition) is 0. The number of carbonyl (C=O) groups is 1. The van der Waals surface area contributed by atoms with Gasteiger partial charge in [-0.05, 0) is 25.3 Å². The molecule has 5 nitrogen and oxygen atoms in total. The number of nitrogens with zero attached hydrogens (tertiary/aromatic N) is 2. The van der Waals surface area contributed by atoms with Crippen molar-refractivity contribution in [1.29, 1.82) is 0 Å². The van der Waals surface area contributed by atoms with Gasteiger partial charge in [0.15, 0.2) is 0 Å². The van der Waals surface area contributed by atoms with E-state index in [4.69, 9.17) is 17.0 Å². The number of piperidine rings is 1. The van der Waals surface area contributed by atoms with Crippen LogP contribution in [0.5, 0.6) is 0 Å². The van der Waals surface area contributed by atoms with Crippen LogP contribution in [0.1, 0.15) is 25.0 Å². The molecule has 7 heteroatoms. The third-order valence-electron chi connectivity index (χ3n) is 4.36. The van der Waals surface area contributed by atoms with Crippen LogP contribution in [0.4, 0.5) is 0 Å². The molecule has 3 heterocycles. The van der Waals surface area contributed by atoms with Crippen LogP contribution in [0.3, 0.4) is 0 Å². The number of likely N-dealkylation sites (tertiary alicyclic amines) is 1. The highest BCUT2D eigenvalue weighted by Gasteiger charge is 2.35. The van der Waals surface area contributed by atoms with Crippen molar-refractivity contribution in [1.82, 2.24) is 9.47 Å². The van der Waals surface area contributed by atoms with Crippen molar-refractivity contribution in [3.8, 4) is 0 Å². The molecule has 2 atom stereocenters. The Morgan fingerprint density at radius 1 is 1.39 bits per heavy atom. The summed E-state index contributed by atoms with van der Waals surface area (Å²) in [6.07, 6.45) is 1.10. The van der Waals surface area contributed by atoms with Gasteiger partial charge in [-0.1, -0.05) is 30.0 Å². The van der Waals surface area contributed by atoms with E-state index in [1.807, 2.05) is 16.7 Å². The number of pyridine rings is 1. The maximum atomic E-state index is 12.0. The quantitative estimate of drug-likeness (QED) is 0.611. The first-order valence-corrected chi connectivity index (χ1v) is 9.25. The fraction of sp³-hybridized carbons (Fsp3) is 0.562. The molecule has 124 valence electrons. The number of rotatable bonds is 3. The first-order valence-electron chi connectivity index (χ1n) is 7.85.